The molecule has 0 N–H and O–H groups in total. The number of carbonyl (C=O) groups excluding carboxylic acids is 2. The van der Waals surface area contributed by atoms with Gasteiger partial charge in [0.1, 0.15) is 12.3 Å². The van der Waals surface area contributed by atoms with Gasteiger partial charge in [0.05, 0.1) is 31.4 Å². The van der Waals surface area contributed by atoms with Crippen molar-refractivity contribution in [1.29, 1.82) is 0 Å². The van der Waals surface area contributed by atoms with Crippen LogP contribution < -0.4 is 0 Å². The lowest BCUT2D eigenvalue weighted by atomic mass is 9.97. The average Bonchev–Trinajstić information content (AvgIpc) is 3.29. The van der Waals surface area contributed by atoms with Gasteiger partial charge in [0.25, 0.3) is 5.91 Å². The Hall–Kier alpha value is -1.55. The lowest BCUT2D eigenvalue weighted by Crippen LogP contribution is -2.42. The van der Waals surface area contributed by atoms with E-state index in [2.05, 4.69) is 11.9 Å². The Balaban J connectivity index is 1.39. The lowest BCUT2D eigenvalue weighted by molar-refractivity contribution is -0.137. The van der Waals surface area contributed by atoms with Gasteiger partial charge >= 0.3 is 0 Å². The van der Waals surface area contributed by atoms with E-state index in [0.29, 0.717) is 57.2 Å². The zero-order valence-electron chi connectivity index (χ0n) is 18.7. The first-order chi connectivity index (χ1) is 15.1. The van der Waals surface area contributed by atoms with Crippen LogP contribution in [0.5, 0.6) is 0 Å². The molecule has 0 aromatic carbocycles. The Kier molecular flexibility index (Phi) is 9.70. The molecule has 2 fully saturated rings. The second-order valence-electron chi connectivity index (χ2n) is 8.23. The Labute approximate surface area is 188 Å². The molecule has 3 heterocycles. The van der Waals surface area contributed by atoms with E-state index in [1.54, 1.807) is 18.4 Å². The maximum Gasteiger partial charge on any atom is 0.273 e. The molecule has 2 saturated heterocycles. The van der Waals surface area contributed by atoms with Crippen LogP contribution in [0.3, 0.4) is 0 Å². The fourth-order valence-corrected chi connectivity index (χ4v) is 5.07. The Morgan fingerprint density at radius 1 is 1.06 bits per heavy atom. The number of carbonyl (C=O) groups is 2. The standard InChI is InChI=1S/C22H35N3O5S/c1-17-5-3-4-8-25(17)22(27)19-16-31-21(23-19)18-6-9-24(10-7-18)20(26)15-30-14-13-29-12-11-28-2/h16-18H,3-15H2,1-2H3. The molecule has 0 aliphatic carbocycles. The third-order valence-electron chi connectivity index (χ3n) is 6.03. The maximum absolute atomic E-state index is 12.8. The van der Waals surface area contributed by atoms with Crippen LogP contribution in [0, 0.1) is 0 Å². The Morgan fingerprint density at radius 3 is 2.55 bits per heavy atom. The summed E-state index contributed by atoms with van der Waals surface area (Å²) in [5.41, 5.74) is 0.577. The van der Waals surface area contributed by atoms with E-state index in [9.17, 15) is 9.59 Å². The van der Waals surface area contributed by atoms with Gasteiger partial charge < -0.3 is 24.0 Å². The average molecular weight is 454 g/mol. The van der Waals surface area contributed by atoms with E-state index in [4.69, 9.17) is 14.2 Å². The summed E-state index contributed by atoms with van der Waals surface area (Å²) in [5, 5.41) is 2.92. The number of hydrogen-bond acceptors (Lipinski definition) is 7. The van der Waals surface area contributed by atoms with Crippen LogP contribution in [0.2, 0.25) is 0 Å². The number of aromatic nitrogens is 1. The first-order valence-corrected chi connectivity index (χ1v) is 12.2. The predicted octanol–water partition coefficient (Wildman–Crippen LogP) is 2.54. The number of hydrogen-bond donors (Lipinski definition) is 0. The van der Waals surface area contributed by atoms with Crippen LogP contribution in [-0.2, 0) is 19.0 Å². The number of rotatable bonds is 10. The predicted molar refractivity (Wildman–Crippen MR) is 119 cm³/mol. The van der Waals surface area contributed by atoms with Gasteiger partial charge in [-0.05, 0) is 39.0 Å². The summed E-state index contributed by atoms with van der Waals surface area (Å²) >= 11 is 1.57. The molecule has 0 radical (unpaired) electrons. The van der Waals surface area contributed by atoms with Crippen molar-refractivity contribution in [2.45, 2.75) is 51.0 Å². The molecule has 2 aliphatic heterocycles. The van der Waals surface area contributed by atoms with E-state index in [1.165, 1.54) is 6.42 Å². The molecule has 0 saturated carbocycles. The van der Waals surface area contributed by atoms with E-state index in [-0.39, 0.29) is 18.4 Å². The molecule has 0 spiro atoms. The van der Waals surface area contributed by atoms with Gasteiger partial charge in [0, 0.05) is 44.1 Å². The van der Waals surface area contributed by atoms with E-state index in [0.717, 1.165) is 37.2 Å². The second kappa shape index (κ2) is 12.5. The molecule has 1 unspecified atom stereocenters. The number of amides is 2. The normalized spacial score (nSPS) is 20.3. The minimum absolute atomic E-state index is 0.0180. The minimum atomic E-state index is 0.0180. The molecule has 2 amide bonds. The highest BCUT2D eigenvalue weighted by molar-refractivity contribution is 7.09. The van der Waals surface area contributed by atoms with Gasteiger partial charge in [-0.15, -0.1) is 11.3 Å². The number of piperidine rings is 2. The highest BCUT2D eigenvalue weighted by atomic mass is 32.1. The van der Waals surface area contributed by atoms with E-state index >= 15 is 0 Å². The van der Waals surface area contributed by atoms with E-state index < -0.39 is 0 Å². The van der Waals surface area contributed by atoms with Crippen molar-refractivity contribution in [2.24, 2.45) is 0 Å². The molecule has 31 heavy (non-hydrogen) atoms. The van der Waals surface area contributed by atoms with Crippen molar-refractivity contribution < 1.29 is 23.8 Å². The number of likely N-dealkylation sites (tertiary alicyclic amines) is 2. The molecule has 174 valence electrons. The molecule has 8 nitrogen and oxygen atoms in total. The van der Waals surface area contributed by atoms with Crippen LogP contribution in [-0.4, -0.2) is 92.4 Å². The van der Waals surface area contributed by atoms with Gasteiger partial charge in [-0.25, -0.2) is 4.98 Å². The van der Waals surface area contributed by atoms with Crippen molar-refractivity contribution in [2.75, 3.05) is 59.8 Å². The number of nitrogens with zero attached hydrogens (tertiary/aromatic N) is 3. The van der Waals surface area contributed by atoms with Crippen LogP contribution in [0.1, 0.15) is 60.4 Å². The van der Waals surface area contributed by atoms with Crippen molar-refractivity contribution in [3.63, 3.8) is 0 Å². The minimum Gasteiger partial charge on any atom is -0.382 e. The maximum atomic E-state index is 12.8. The van der Waals surface area contributed by atoms with Crippen molar-refractivity contribution >= 4 is 23.2 Å². The van der Waals surface area contributed by atoms with Gasteiger partial charge in [0.2, 0.25) is 5.91 Å². The molecule has 1 aromatic heterocycles. The largest absolute Gasteiger partial charge is 0.382 e. The first-order valence-electron chi connectivity index (χ1n) is 11.3. The van der Waals surface area contributed by atoms with Gasteiger partial charge in [-0.2, -0.15) is 0 Å². The smallest absolute Gasteiger partial charge is 0.273 e. The first kappa shape index (κ1) is 24.1. The zero-order valence-corrected chi connectivity index (χ0v) is 19.5. The van der Waals surface area contributed by atoms with Crippen molar-refractivity contribution in [3.05, 3.63) is 16.1 Å². The SMILES string of the molecule is COCCOCCOCC(=O)N1CCC(c2nc(C(=O)N3CCCCC3C)cs2)CC1. The summed E-state index contributed by atoms with van der Waals surface area (Å²) in [7, 11) is 1.63. The highest BCUT2D eigenvalue weighted by Crippen LogP contribution is 2.31. The number of thiazole rings is 1. The monoisotopic (exact) mass is 453 g/mol. The second-order valence-corrected chi connectivity index (χ2v) is 9.12. The van der Waals surface area contributed by atoms with E-state index in [1.807, 2.05) is 15.2 Å². The third-order valence-corrected chi connectivity index (χ3v) is 7.04. The van der Waals surface area contributed by atoms with Gasteiger partial charge in [0.15, 0.2) is 0 Å². The molecule has 1 aromatic rings. The summed E-state index contributed by atoms with van der Waals surface area (Å²) in [6, 6.07) is 0.291. The summed E-state index contributed by atoms with van der Waals surface area (Å²) < 4.78 is 15.6. The van der Waals surface area contributed by atoms with Gasteiger partial charge in [-0.1, -0.05) is 0 Å². The van der Waals surface area contributed by atoms with Gasteiger partial charge in [-0.3, -0.25) is 9.59 Å². The topological polar surface area (TPSA) is 81.2 Å². The van der Waals surface area contributed by atoms with Crippen molar-refractivity contribution in [1.82, 2.24) is 14.8 Å². The Bertz CT molecular complexity index is 705. The van der Waals surface area contributed by atoms with Crippen molar-refractivity contribution in [3.8, 4) is 0 Å². The fourth-order valence-electron chi connectivity index (χ4n) is 4.11. The molecule has 9 heteroatoms. The van der Waals surface area contributed by atoms with Crippen LogP contribution in [0.4, 0.5) is 0 Å². The fraction of sp³-hybridized carbons (Fsp3) is 0.773. The molecular formula is C22H35N3O5S. The summed E-state index contributed by atoms with van der Waals surface area (Å²) in [6.07, 6.45) is 5.07. The molecular weight excluding hydrogens is 418 g/mol. The third kappa shape index (κ3) is 6.97. The highest BCUT2D eigenvalue weighted by Gasteiger charge is 2.29. The molecule has 1 atom stereocenters. The lowest BCUT2D eigenvalue weighted by Gasteiger charge is -2.33. The summed E-state index contributed by atoms with van der Waals surface area (Å²) in [4.78, 5) is 33.7. The van der Waals surface area contributed by atoms with Crippen LogP contribution in [0.15, 0.2) is 5.38 Å². The molecule has 3 rings (SSSR count). The van der Waals surface area contributed by atoms with Crippen LogP contribution in [0.25, 0.3) is 0 Å². The van der Waals surface area contributed by atoms with Crippen LogP contribution >= 0.6 is 11.3 Å². The molecule has 0 bridgehead atoms. The quantitative estimate of drug-likeness (QED) is 0.507. The number of ether oxygens (including phenoxy) is 3. The summed E-state index contributed by atoms with van der Waals surface area (Å²) in [6.45, 7) is 6.37. The zero-order chi connectivity index (χ0) is 22.1. The molecule has 2 aliphatic rings. The Morgan fingerprint density at radius 2 is 1.81 bits per heavy atom. The number of methoxy groups -OCH3 is 1. The summed E-state index contributed by atoms with van der Waals surface area (Å²) in [5.74, 6) is 0.388.